The number of carbonyl (C=O) groups is 1. The summed E-state index contributed by atoms with van der Waals surface area (Å²) in [7, 11) is 0. The van der Waals surface area contributed by atoms with Crippen molar-refractivity contribution in [1.82, 2.24) is 15.3 Å². The first-order valence-corrected chi connectivity index (χ1v) is 9.02. The third-order valence-corrected chi connectivity index (χ3v) is 4.60. The normalized spacial score (nSPS) is 11.7. The van der Waals surface area contributed by atoms with Gasteiger partial charge < -0.3 is 10.3 Å². The van der Waals surface area contributed by atoms with Crippen LogP contribution < -0.4 is 5.32 Å². The number of fused-ring (bicyclic) bond motifs is 1. The maximum Gasteiger partial charge on any atom is 0.251 e. The Bertz CT molecular complexity index is 1110. The average molecular weight is 366 g/mol. The Morgan fingerprint density at radius 3 is 2.43 bits per heavy atom. The van der Waals surface area contributed by atoms with Gasteiger partial charge in [0, 0.05) is 5.56 Å². The van der Waals surface area contributed by atoms with Crippen LogP contribution in [0.4, 0.5) is 0 Å². The molecule has 0 aliphatic carbocycles. The summed E-state index contributed by atoms with van der Waals surface area (Å²) in [5.41, 5.74) is 3.93. The Hall–Kier alpha value is -3.91. The van der Waals surface area contributed by atoms with Crippen molar-refractivity contribution < 1.29 is 4.79 Å². The number of amides is 1. The number of rotatable bonds is 5. The molecule has 0 spiro atoms. The Balaban J connectivity index is 1.63. The molecule has 3 aromatic carbocycles. The number of imidazole rings is 1. The minimum absolute atomic E-state index is 0.203. The molecular weight excluding hydrogens is 348 g/mol. The van der Waals surface area contributed by atoms with Crippen molar-refractivity contribution in [3.05, 3.63) is 101 Å². The lowest BCUT2D eigenvalue weighted by atomic mass is 10.0. The van der Waals surface area contributed by atoms with E-state index in [4.69, 9.17) is 5.26 Å². The van der Waals surface area contributed by atoms with Gasteiger partial charge in [-0.25, -0.2) is 4.98 Å². The van der Waals surface area contributed by atoms with Gasteiger partial charge in [-0.3, -0.25) is 4.79 Å². The van der Waals surface area contributed by atoms with Gasteiger partial charge in [0.05, 0.1) is 28.7 Å². The fraction of sp³-hybridized carbons (Fsp3) is 0.0870. The second-order valence-corrected chi connectivity index (χ2v) is 6.54. The number of benzene rings is 3. The molecule has 28 heavy (non-hydrogen) atoms. The van der Waals surface area contributed by atoms with Crippen molar-refractivity contribution in [2.75, 3.05) is 0 Å². The molecule has 0 radical (unpaired) electrons. The zero-order valence-electron chi connectivity index (χ0n) is 15.1. The second kappa shape index (κ2) is 7.77. The van der Waals surface area contributed by atoms with Crippen LogP contribution in [-0.4, -0.2) is 15.9 Å². The molecule has 1 heterocycles. The minimum Gasteiger partial charge on any atom is -0.342 e. The van der Waals surface area contributed by atoms with E-state index >= 15 is 0 Å². The molecule has 0 saturated carbocycles. The van der Waals surface area contributed by atoms with Crippen LogP contribution in [-0.2, 0) is 6.42 Å². The molecule has 1 unspecified atom stereocenters. The van der Waals surface area contributed by atoms with E-state index in [1.807, 2.05) is 54.6 Å². The largest absolute Gasteiger partial charge is 0.342 e. The molecular formula is C23H18N4O. The van der Waals surface area contributed by atoms with Gasteiger partial charge in [0.1, 0.15) is 5.82 Å². The van der Waals surface area contributed by atoms with Crippen LogP contribution in [0.3, 0.4) is 0 Å². The number of nitrogens with one attached hydrogen (secondary N) is 2. The van der Waals surface area contributed by atoms with E-state index in [-0.39, 0.29) is 11.9 Å². The van der Waals surface area contributed by atoms with E-state index in [2.05, 4.69) is 21.4 Å². The number of nitrogens with zero attached hydrogens (tertiary/aromatic N) is 2. The molecule has 0 aliphatic heterocycles. The molecule has 4 aromatic rings. The average Bonchev–Trinajstić information content (AvgIpc) is 3.18. The molecule has 5 nitrogen and oxygen atoms in total. The number of aromatic amines is 1. The van der Waals surface area contributed by atoms with Gasteiger partial charge in [0.15, 0.2) is 0 Å². The summed E-state index contributed by atoms with van der Waals surface area (Å²) in [5, 5.41) is 12.0. The third kappa shape index (κ3) is 3.76. The fourth-order valence-electron chi connectivity index (χ4n) is 3.14. The maximum atomic E-state index is 12.8. The lowest BCUT2D eigenvalue weighted by Crippen LogP contribution is -2.30. The second-order valence-electron chi connectivity index (χ2n) is 6.54. The third-order valence-electron chi connectivity index (χ3n) is 4.60. The highest BCUT2D eigenvalue weighted by molar-refractivity contribution is 5.94. The zero-order valence-corrected chi connectivity index (χ0v) is 15.1. The van der Waals surface area contributed by atoms with Gasteiger partial charge in [0.25, 0.3) is 5.91 Å². The van der Waals surface area contributed by atoms with Crippen molar-refractivity contribution in [2.45, 2.75) is 12.5 Å². The van der Waals surface area contributed by atoms with Crippen LogP contribution in [0.2, 0.25) is 0 Å². The molecule has 0 fully saturated rings. The fourth-order valence-corrected chi connectivity index (χ4v) is 3.14. The van der Waals surface area contributed by atoms with E-state index < -0.39 is 0 Å². The summed E-state index contributed by atoms with van der Waals surface area (Å²) in [6, 6.07) is 26.1. The first-order valence-electron chi connectivity index (χ1n) is 9.02. The summed E-state index contributed by atoms with van der Waals surface area (Å²) >= 11 is 0. The topological polar surface area (TPSA) is 81.6 Å². The predicted octanol–water partition coefficient (Wildman–Crippen LogP) is 4.15. The van der Waals surface area contributed by atoms with Crippen LogP contribution in [0.5, 0.6) is 0 Å². The first-order chi connectivity index (χ1) is 13.7. The number of carbonyl (C=O) groups excluding carboxylic acids is 1. The van der Waals surface area contributed by atoms with Gasteiger partial charge in [-0.05, 0) is 48.4 Å². The SMILES string of the molecule is N#Cc1ccc(C(=O)NC(Cc2ccccc2)c2nc3ccccc3[nH]2)cc1. The summed E-state index contributed by atoms with van der Waals surface area (Å²) in [6.45, 7) is 0. The monoisotopic (exact) mass is 366 g/mol. The van der Waals surface area contributed by atoms with E-state index in [1.165, 1.54) is 0 Å². The summed E-state index contributed by atoms with van der Waals surface area (Å²) in [4.78, 5) is 20.8. The maximum absolute atomic E-state index is 12.8. The number of hydrogen-bond donors (Lipinski definition) is 2. The Morgan fingerprint density at radius 1 is 1.00 bits per heavy atom. The van der Waals surface area contributed by atoms with Crippen LogP contribution >= 0.6 is 0 Å². The Labute approximate surface area is 162 Å². The Morgan fingerprint density at radius 2 is 1.71 bits per heavy atom. The number of para-hydroxylation sites is 2. The molecule has 5 heteroatoms. The molecule has 1 amide bonds. The van der Waals surface area contributed by atoms with Crippen LogP contribution in [0, 0.1) is 11.3 Å². The quantitative estimate of drug-likeness (QED) is 0.557. The van der Waals surface area contributed by atoms with Crippen molar-refractivity contribution in [3.8, 4) is 6.07 Å². The molecule has 4 rings (SSSR count). The van der Waals surface area contributed by atoms with E-state index in [0.29, 0.717) is 23.4 Å². The standard InChI is InChI=1S/C23H18N4O/c24-15-17-10-12-18(13-11-17)23(28)27-21(14-16-6-2-1-3-7-16)22-25-19-8-4-5-9-20(19)26-22/h1-13,21H,14H2,(H,25,26)(H,27,28). The van der Waals surface area contributed by atoms with Crippen molar-refractivity contribution >= 4 is 16.9 Å². The molecule has 2 N–H and O–H groups in total. The van der Waals surface area contributed by atoms with Gasteiger partial charge in [-0.1, -0.05) is 42.5 Å². The van der Waals surface area contributed by atoms with Gasteiger partial charge in [-0.2, -0.15) is 5.26 Å². The highest BCUT2D eigenvalue weighted by Gasteiger charge is 2.20. The number of aromatic nitrogens is 2. The highest BCUT2D eigenvalue weighted by atomic mass is 16.1. The van der Waals surface area contributed by atoms with E-state index in [9.17, 15) is 4.79 Å². The lowest BCUT2D eigenvalue weighted by Gasteiger charge is -2.17. The summed E-state index contributed by atoms with van der Waals surface area (Å²) in [6.07, 6.45) is 0.614. The van der Waals surface area contributed by atoms with Gasteiger partial charge >= 0.3 is 0 Å². The zero-order chi connectivity index (χ0) is 19.3. The molecule has 0 saturated heterocycles. The van der Waals surface area contributed by atoms with Crippen LogP contribution in [0.15, 0.2) is 78.9 Å². The number of hydrogen-bond acceptors (Lipinski definition) is 3. The smallest absolute Gasteiger partial charge is 0.251 e. The van der Waals surface area contributed by atoms with Crippen molar-refractivity contribution in [3.63, 3.8) is 0 Å². The summed E-state index contributed by atoms with van der Waals surface area (Å²) in [5.74, 6) is 0.512. The lowest BCUT2D eigenvalue weighted by molar-refractivity contribution is 0.0935. The van der Waals surface area contributed by atoms with Crippen molar-refractivity contribution in [2.24, 2.45) is 0 Å². The number of nitriles is 1. The predicted molar refractivity (Wildman–Crippen MR) is 108 cm³/mol. The van der Waals surface area contributed by atoms with Crippen LogP contribution in [0.1, 0.15) is 33.4 Å². The van der Waals surface area contributed by atoms with E-state index in [0.717, 1.165) is 16.6 Å². The van der Waals surface area contributed by atoms with Gasteiger partial charge in [0.2, 0.25) is 0 Å². The van der Waals surface area contributed by atoms with E-state index in [1.54, 1.807) is 24.3 Å². The Kier molecular flexibility index (Phi) is 4.85. The first kappa shape index (κ1) is 17.5. The van der Waals surface area contributed by atoms with Crippen molar-refractivity contribution in [1.29, 1.82) is 5.26 Å². The molecule has 136 valence electrons. The highest BCUT2D eigenvalue weighted by Crippen LogP contribution is 2.20. The molecule has 0 bridgehead atoms. The molecule has 1 aromatic heterocycles. The molecule has 1 atom stereocenters. The minimum atomic E-state index is -0.307. The van der Waals surface area contributed by atoms with Crippen LogP contribution in [0.25, 0.3) is 11.0 Å². The molecule has 0 aliphatic rings. The summed E-state index contributed by atoms with van der Waals surface area (Å²) < 4.78 is 0. The number of H-pyrrole nitrogens is 1. The van der Waals surface area contributed by atoms with Gasteiger partial charge in [-0.15, -0.1) is 0 Å².